The topological polar surface area (TPSA) is 114 Å². The number of hydrogen-bond donors (Lipinski definition) is 3. The molecule has 2 aromatic carbocycles. The Balaban J connectivity index is 1.60. The number of para-hydroxylation sites is 1. The maximum Gasteiger partial charge on any atom is 0.262 e. The van der Waals surface area contributed by atoms with E-state index in [1.54, 1.807) is 41.3 Å². The van der Waals surface area contributed by atoms with Crippen molar-refractivity contribution in [2.24, 2.45) is 5.73 Å². The number of anilines is 1. The summed E-state index contributed by atoms with van der Waals surface area (Å²) in [4.78, 5) is 25.7. The zero-order chi connectivity index (χ0) is 20.6. The second-order valence-electron chi connectivity index (χ2n) is 6.63. The number of carbonyl (C=O) groups excluding carboxylic acids is 2. The molecule has 0 radical (unpaired) electrons. The van der Waals surface area contributed by atoms with E-state index in [0.717, 1.165) is 5.56 Å². The van der Waals surface area contributed by atoms with Gasteiger partial charge in [0.1, 0.15) is 18.5 Å². The quantitative estimate of drug-likeness (QED) is 0.608. The molecule has 0 bridgehead atoms. The highest BCUT2D eigenvalue weighted by Gasteiger charge is 2.36. The van der Waals surface area contributed by atoms with E-state index in [1.165, 1.54) is 0 Å². The van der Waals surface area contributed by atoms with Crippen LogP contribution in [0.3, 0.4) is 0 Å². The Morgan fingerprint density at radius 3 is 2.59 bits per heavy atom. The van der Waals surface area contributed by atoms with Gasteiger partial charge >= 0.3 is 0 Å². The number of aliphatic hydroxyl groups is 1. The van der Waals surface area contributed by atoms with Gasteiger partial charge in [0.2, 0.25) is 5.91 Å². The molecule has 2 aromatic rings. The Morgan fingerprint density at radius 2 is 1.93 bits per heavy atom. The summed E-state index contributed by atoms with van der Waals surface area (Å²) >= 11 is 0. The van der Waals surface area contributed by atoms with Crippen molar-refractivity contribution in [3.63, 3.8) is 0 Å². The molecule has 1 aliphatic rings. The number of aliphatic hydroxyl groups excluding tert-OH is 1. The van der Waals surface area contributed by atoms with Gasteiger partial charge < -0.3 is 30.5 Å². The van der Waals surface area contributed by atoms with Crippen LogP contribution in [0.4, 0.5) is 5.69 Å². The monoisotopic (exact) mass is 399 g/mol. The summed E-state index contributed by atoms with van der Waals surface area (Å²) in [5.74, 6) is 0.163. The van der Waals surface area contributed by atoms with Crippen LogP contribution in [0.25, 0.3) is 0 Å². The molecule has 3 rings (SSSR count). The van der Waals surface area contributed by atoms with Gasteiger partial charge in [-0.05, 0) is 29.8 Å². The molecule has 1 aliphatic heterocycles. The van der Waals surface area contributed by atoms with Crippen LogP contribution >= 0.6 is 0 Å². The lowest BCUT2D eigenvalue weighted by Gasteiger charge is -2.40. The lowest BCUT2D eigenvalue weighted by Crippen LogP contribution is -2.54. The Bertz CT molecular complexity index is 813. The molecule has 1 saturated heterocycles. The molecule has 154 valence electrons. The molecule has 8 nitrogen and oxygen atoms in total. The Hall–Kier alpha value is -2.94. The Labute approximate surface area is 169 Å². The summed E-state index contributed by atoms with van der Waals surface area (Å²) < 4.78 is 11.1. The van der Waals surface area contributed by atoms with Crippen LogP contribution in [0.1, 0.15) is 11.7 Å². The second-order valence-corrected chi connectivity index (χ2v) is 6.63. The zero-order valence-corrected chi connectivity index (χ0v) is 16.0. The van der Waals surface area contributed by atoms with E-state index in [9.17, 15) is 14.7 Å². The van der Waals surface area contributed by atoms with Crippen LogP contribution in [-0.4, -0.2) is 60.8 Å². The van der Waals surface area contributed by atoms with E-state index < -0.39 is 12.1 Å². The molecule has 1 heterocycles. The maximum atomic E-state index is 12.1. The number of nitrogens with zero attached hydrogens (tertiary/aromatic N) is 1. The van der Waals surface area contributed by atoms with Crippen LogP contribution in [-0.2, 0) is 14.3 Å². The molecule has 2 amide bonds. The number of carbonyl (C=O) groups is 2. The zero-order valence-electron chi connectivity index (χ0n) is 16.0. The van der Waals surface area contributed by atoms with Gasteiger partial charge in [0.15, 0.2) is 6.61 Å². The average Bonchev–Trinajstić information content (AvgIpc) is 2.75. The predicted molar refractivity (Wildman–Crippen MR) is 107 cm³/mol. The molecule has 0 saturated carbocycles. The lowest BCUT2D eigenvalue weighted by molar-refractivity contribution is -0.160. The molecule has 4 N–H and O–H groups in total. The minimum absolute atomic E-state index is 0.0590. The molecular weight excluding hydrogens is 374 g/mol. The summed E-state index contributed by atoms with van der Waals surface area (Å²) in [6.07, 6.45) is -0.463. The third-order valence-electron chi connectivity index (χ3n) is 4.65. The van der Waals surface area contributed by atoms with Crippen LogP contribution in [0.5, 0.6) is 5.75 Å². The van der Waals surface area contributed by atoms with Gasteiger partial charge in [-0.2, -0.15) is 0 Å². The highest BCUT2D eigenvalue weighted by atomic mass is 16.5. The average molecular weight is 399 g/mol. The fourth-order valence-corrected chi connectivity index (χ4v) is 3.26. The molecule has 2 unspecified atom stereocenters. The van der Waals surface area contributed by atoms with Gasteiger partial charge in [0.25, 0.3) is 5.91 Å². The lowest BCUT2D eigenvalue weighted by atomic mass is 9.99. The van der Waals surface area contributed by atoms with Crippen LogP contribution in [0.2, 0.25) is 0 Å². The van der Waals surface area contributed by atoms with E-state index in [1.807, 2.05) is 18.2 Å². The van der Waals surface area contributed by atoms with Crippen molar-refractivity contribution < 1.29 is 24.2 Å². The number of nitrogens with one attached hydrogen (secondary N) is 1. The fraction of sp³-hybridized carbons (Fsp3) is 0.333. The molecule has 1 fully saturated rings. The summed E-state index contributed by atoms with van der Waals surface area (Å²) in [6, 6.07) is 15.7. The van der Waals surface area contributed by atoms with Gasteiger partial charge in [0.05, 0.1) is 12.6 Å². The number of amides is 2. The number of hydrogen-bond acceptors (Lipinski definition) is 6. The van der Waals surface area contributed by atoms with Crippen molar-refractivity contribution in [1.29, 1.82) is 0 Å². The highest BCUT2D eigenvalue weighted by molar-refractivity contribution is 5.91. The maximum absolute atomic E-state index is 12.1. The van der Waals surface area contributed by atoms with Gasteiger partial charge in [-0.1, -0.05) is 30.3 Å². The van der Waals surface area contributed by atoms with Crippen molar-refractivity contribution in [3.8, 4) is 5.75 Å². The van der Waals surface area contributed by atoms with Crippen molar-refractivity contribution >= 4 is 17.5 Å². The number of ether oxygens (including phenoxy) is 2. The highest BCUT2D eigenvalue weighted by Crippen LogP contribution is 2.29. The molecule has 0 aliphatic carbocycles. The first kappa shape index (κ1) is 20.8. The normalized spacial score (nSPS) is 19.1. The van der Waals surface area contributed by atoms with Gasteiger partial charge in [-0.3, -0.25) is 9.59 Å². The second kappa shape index (κ2) is 10.0. The SMILES string of the molecule is NCCN1C(=O)COC(c2ccc(NC(=O)COc3ccccc3)cc2)C1CO. The Morgan fingerprint density at radius 1 is 1.21 bits per heavy atom. The smallest absolute Gasteiger partial charge is 0.262 e. The molecule has 8 heteroatoms. The Kier molecular flexibility index (Phi) is 7.18. The van der Waals surface area contributed by atoms with Gasteiger partial charge in [0, 0.05) is 18.8 Å². The molecule has 29 heavy (non-hydrogen) atoms. The first-order valence-electron chi connectivity index (χ1n) is 9.42. The number of nitrogens with two attached hydrogens (primary N) is 1. The van der Waals surface area contributed by atoms with Crippen molar-refractivity contribution in [2.75, 3.05) is 38.2 Å². The minimum atomic E-state index is -0.500. The van der Waals surface area contributed by atoms with E-state index in [4.69, 9.17) is 15.2 Å². The van der Waals surface area contributed by atoms with Crippen molar-refractivity contribution in [3.05, 3.63) is 60.2 Å². The summed E-state index contributed by atoms with van der Waals surface area (Å²) in [5.41, 5.74) is 7.00. The van der Waals surface area contributed by atoms with Crippen LogP contribution < -0.4 is 15.8 Å². The molecular formula is C21H25N3O5. The number of morpholine rings is 1. The molecule has 0 aromatic heterocycles. The van der Waals surface area contributed by atoms with Gasteiger partial charge in [-0.25, -0.2) is 0 Å². The van der Waals surface area contributed by atoms with Crippen molar-refractivity contribution in [2.45, 2.75) is 12.1 Å². The summed E-state index contributed by atoms with van der Waals surface area (Å²) in [5, 5.41) is 12.5. The third kappa shape index (κ3) is 5.32. The van der Waals surface area contributed by atoms with Crippen LogP contribution in [0, 0.1) is 0 Å². The van der Waals surface area contributed by atoms with E-state index in [0.29, 0.717) is 24.5 Å². The van der Waals surface area contributed by atoms with E-state index in [2.05, 4.69) is 5.32 Å². The minimum Gasteiger partial charge on any atom is -0.484 e. The molecule has 2 atom stereocenters. The largest absolute Gasteiger partial charge is 0.484 e. The summed E-state index contributed by atoms with van der Waals surface area (Å²) in [7, 11) is 0. The predicted octanol–water partition coefficient (Wildman–Crippen LogP) is 0.924. The third-order valence-corrected chi connectivity index (χ3v) is 4.65. The van der Waals surface area contributed by atoms with Crippen molar-refractivity contribution in [1.82, 2.24) is 4.90 Å². The number of rotatable bonds is 8. The number of benzene rings is 2. The summed E-state index contributed by atoms with van der Waals surface area (Å²) in [6.45, 7) is 0.285. The molecule has 0 spiro atoms. The van der Waals surface area contributed by atoms with E-state index >= 15 is 0 Å². The van der Waals surface area contributed by atoms with Gasteiger partial charge in [-0.15, -0.1) is 0 Å². The standard InChI is InChI=1S/C21H25N3O5/c22-10-11-24-18(12-25)21(29-14-20(24)27)15-6-8-16(9-7-15)23-19(26)13-28-17-4-2-1-3-5-17/h1-9,18,21,25H,10-14,22H2,(H,23,26). The first-order chi connectivity index (χ1) is 14.1. The van der Waals surface area contributed by atoms with Crippen LogP contribution in [0.15, 0.2) is 54.6 Å². The van der Waals surface area contributed by atoms with E-state index in [-0.39, 0.29) is 31.6 Å². The fourth-order valence-electron chi connectivity index (χ4n) is 3.26. The first-order valence-corrected chi connectivity index (χ1v) is 9.42.